The predicted octanol–water partition coefficient (Wildman–Crippen LogP) is 2.87. The second-order valence-electron chi connectivity index (χ2n) is 3.87. The Bertz CT molecular complexity index is 486. The van der Waals surface area contributed by atoms with E-state index < -0.39 is 20.1 Å². The maximum atomic E-state index is 11.7. The van der Waals surface area contributed by atoms with Crippen molar-refractivity contribution in [3.63, 3.8) is 0 Å². The maximum Gasteiger partial charge on any atom is 0.174 e. The Labute approximate surface area is 115 Å². The first-order valence-corrected chi connectivity index (χ1v) is 8.10. The van der Waals surface area contributed by atoms with E-state index in [4.69, 9.17) is 11.6 Å². The number of hydrogen-bond acceptors (Lipinski definition) is 3. The molecule has 0 saturated heterocycles. The van der Waals surface area contributed by atoms with E-state index in [1.807, 2.05) is 0 Å². The fourth-order valence-corrected chi connectivity index (χ4v) is 3.01. The molecule has 2 atom stereocenters. The Hall–Kier alpha value is -0.100. The number of rotatable bonds is 4. The van der Waals surface area contributed by atoms with Crippen molar-refractivity contribution in [2.24, 2.45) is 0 Å². The van der Waals surface area contributed by atoms with Crippen LogP contribution in [0.3, 0.4) is 0 Å². The van der Waals surface area contributed by atoms with Crippen LogP contribution in [0.2, 0.25) is 0 Å². The largest absolute Gasteiger partial charge is 0.385 e. The summed E-state index contributed by atoms with van der Waals surface area (Å²) < 4.78 is 22.5. The second kappa shape index (κ2) is 5.26. The molecule has 0 fully saturated rings. The molecule has 0 heterocycles. The van der Waals surface area contributed by atoms with Gasteiger partial charge in [0.1, 0.15) is 6.10 Å². The van der Waals surface area contributed by atoms with Gasteiger partial charge in [-0.15, -0.1) is 0 Å². The zero-order valence-electron chi connectivity index (χ0n) is 9.52. The summed E-state index contributed by atoms with van der Waals surface area (Å²) in [5, 5.41) is 10.1. The number of benzene rings is 1. The van der Waals surface area contributed by atoms with Gasteiger partial charge < -0.3 is 5.11 Å². The number of aliphatic hydroxyl groups is 1. The quantitative estimate of drug-likeness (QED) is 0.857. The van der Waals surface area contributed by atoms with E-state index in [0.717, 1.165) is 10.7 Å². The SMILES string of the molecule is CCC(Cl)(C(O)c1ccc(Br)cc1)S(C)(=O)=O. The average Bonchev–Trinajstić information content (AvgIpc) is 2.26. The summed E-state index contributed by atoms with van der Waals surface area (Å²) in [6.45, 7) is 1.64. The minimum absolute atomic E-state index is 0.130. The van der Waals surface area contributed by atoms with Gasteiger partial charge in [0.2, 0.25) is 0 Å². The van der Waals surface area contributed by atoms with Gasteiger partial charge in [-0.25, -0.2) is 8.42 Å². The van der Waals surface area contributed by atoms with Crippen molar-refractivity contribution in [3.05, 3.63) is 34.3 Å². The van der Waals surface area contributed by atoms with Gasteiger partial charge in [-0.05, 0) is 24.1 Å². The minimum Gasteiger partial charge on any atom is -0.385 e. The molecular formula is C11H14BrClO3S. The summed E-state index contributed by atoms with van der Waals surface area (Å²) in [5.74, 6) is 0. The number of aliphatic hydroxyl groups excluding tert-OH is 1. The molecule has 1 aromatic rings. The second-order valence-corrected chi connectivity index (χ2v) is 7.95. The molecule has 0 amide bonds. The summed E-state index contributed by atoms with van der Waals surface area (Å²) >= 11 is 9.34. The Balaban J connectivity index is 3.19. The first-order chi connectivity index (χ1) is 7.72. The molecule has 0 aliphatic carbocycles. The van der Waals surface area contributed by atoms with Crippen LogP contribution in [0.1, 0.15) is 25.0 Å². The molecule has 6 heteroatoms. The molecular weight excluding hydrogens is 328 g/mol. The fourth-order valence-electron chi connectivity index (χ4n) is 1.55. The molecule has 0 radical (unpaired) electrons. The van der Waals surface area contributed by atoms with Gasteiger partial charge in [0, 0.05) is 10.7 Å². The summed E-state index contributed by atoms with van der Waals surface area (Å²) in [6.07, 6.45) is -0.0896. The van der Waals surface area contributed by atoms with Crippen LogP contribution in [0.15, 0.2) is 28.7 Å². The standard InChI is InChI=1S/C11H14BrClO3S/c1-3-11(13,17(2,15)16)10(14)8-4-6-9(12)7-5-8/h4-7,10,14H,3H2,1-2H3. The van der Waals surface area contributed by atoms with Crippen molar-refractivity contribution >= 4 is 37.4 Å². The van der Waals surface area contributed by atoms with Crippen molar-refractivity contribution in [1.29, 1.82) is 0 Å². The van der Waals surface area contributed by atoms with Crippen LogP contribution in [-0.4, -0.2) is 24.0 Å². The van der Waals surface area contributed by atoms with E-state index in [-0.39, 0.29) is 6.42 Å². The highest BCUT2D eigenvalue weighted by Crippen LogP contribution is 2.39. The minimum atomic E-state index is -3.57. The molecule has 0 spiro atoms. The van der Waals surface area contributed by atoms with Crippen LogP contribution in [-0.2, 0) is 9.84 Å². The van der Waals surface area contributed by atoms with Crippen LogP contribution < -0.4 is 0 Å². The normalized spacial score (nSPS) is 17.5. The summed E-state index contributed by atoms with van der Waals surface area (Å²) in [6, 6.07) is 6.75. The fraction of sp³-hybridized carbons (Fsp3) is 0.455. The van der Waals surface area contributed by atoms with Gasteiger partial charge in [0.05, 0.1) is 0 Å². The first-order valence-electron chi connectivity index (χ1n) is 5.04. The molecule has 2 unspecified atom stereocenters. The van der Waals surface area contributed by atoms with Crippen LogP contribution in [0.5, 0.6) is 0 Å². The highest BCUT2D eigenvalue weighted by Gasteiger charge is 2.44. The third kappa shape index (κ3) is 3.02. The van der Waals surface area contributed by atoms with Crippen LogP contribution in [0, 0.1) is 0 Å². The number of hydrogen-bond donors (Lipinski definition) is 1. The van der Waals surface area contributed by atoms with Crippen molar-refractivity contribution < 1.29 is 13.5 Å². The summed E-state index contributed by atoms with van der Waals surface area (Å²) in [4.78, 5) is 0. The van der Waals surface area contributed by atoms with Gasteiger partial charge in [-0.1, -0.05) is 46.6 Å². The summed E-state index contributed by atoms with van der Waals surface area (Å²) in [5.41, 5.74) is 0.482. The Morgan fingerprint density at radius 2 is 1.88 bits per heavy atom. The highest BCUT2D eigenvalue weighted by molar-refractivity contribution is 9.10. The van der Waals surface area contributed by atoms with Gasteiger partial charge in [-0.3, -0.25) is 0 Å². The number of halogens is 2. The number of alkyl halides is 1. The third-order valence-corrected chi connectivity index (χ3v) is 6.28. The molecule has 1 aromatic carbocycles. The van der Waals surface area contributed by atoms with Crippen LogP contribution in [0.25, 0.3) is 0 Å². The van der Waals surface area contributed by atoms with Gasteiger partial charge in [0.25, 0.3) is 0 Å². The lowest BCUT2D eigenvalue weighted by molar-refractivity contribution is 0.155. The molecule has 96 valence electrons. The van der Waals surface area contributed by atoms with Gasteiger partial charge >= 0.3 is 0 Å². The highest BCUT2D eigenvalue weighted by atomic mass is 79.9. The molecule has 0 aliphatic heterocycles. The monoisotopic (exact) mass is 340 g/mol. The summed E-state index contributed by atoms with van der Waals surface area (Å²) in [7, 11) is -3.57. The van der Waals surface area contributed by atoms with E-state index in [2.05, 4.69) is 15.9 Å². The van der Waals surface area contributed by atoms with Crippen molar-refractivity contribution in [3.8, 4) is 0 Å². The lowest BCUT2D eigenvalue weighted by Crippen LogP contribution is -2.37. The smallest absolute Gasteiger partial charge is 0.174 e. The van der Waals surface area contributed by atoms with E-state index in [0.29, 0.717) is 5.56 Å². The molecule has 1 rings (SSSR count). The predicted molar refractivity (Wildman–Crippen MR) is 72.8 cm³/mol. The molecule has 3 nitrogen and oxygen atoms in total. The number of sulfone groups is 1. The van der Waals surface area contributed by atoms with Gasteiger partial charge in [-0.2, -0.15) is 0 Å². The van der Waals surface area contributed by atoms with Crippen molar-refractivity contribution in [1.82, 2.24) is 0 Å². The first kappa shape index (κ1) is 15.0. The third-order valence-electron chi connectivity index (χ3n) is 2.69. The molecule has 1 N–H and O–H groups in total. The van der Waals surface area contributed by atoms with E-state index in [1.54, 1.807) is 31.2 Å². The van der Waals surface area contributed by atoms with Crippen LogP contribution in [0.4, 0.5) is 0 Å². The lowest BCUT2D eigenvalue weighted by Gasteiger charge is -2.29. The molecule has 17 heavy (non-hydrogen) atoms. The van der Waals surface area contributed by atoms with E-state index in [9.17, 15) is 13.5 Å². The average molecular weight is 342 g/mol. The Morgan fingerprint density at radius 1 is 1.41 bits per heavy atom. The van der Waals surface area contributed by atoms with Crippen molar-refractivity contribution in [2.45, 2.75) is 23.7 Å². The Morgan fingerprint density at radius 3 is 2.24 bits per heavy atom. The topological polar surface area (TPSA) is 54.4 Å². The molecule has 0 aromatic heterocycles. The molecule has 0 bridgehead atoms. The molecule has 0 aliphatic rings. The van der Waals surface area contributed by atoms with E-state index >= 15 is 0 Å². The van der Waals surface area contributed by atoms with Crippen molar-refractivity contribution in [2.75, 3.05) is 6.26 Å². The Kier molecular flexibility index (Phi) is 4.63. The zero-order valence-corrected chi connectivity index (χ0v) is 12.7. The van der Waals surface area contributed by atoms with E-state index in [1.165, 1.54) is 0 Å². The molecule has 0 saturated carbocycles. The van der Waals surface area contributed by atoms with Gasteiger partial charge in [0.15, 0.2) is 14.0 Å². The zero-order chi connectivity index (χ0) is 13.3. The lowest BCUT2D eigenvalue weighted by atomic mass is 10.0. The maximum absolute atomic E-state index is 11.7. The van der Waals surface area contributed by atoms with Crippen LogP contribution >= 0.6 is 27.5 Å².